The Bertz CT molecular complexity index is 716. The maximum absolute atomic E-state index is 13.2. The molecule has 1 saturated heterocycles. The molecule has 2 fully saturated rings. The zero-order valence-electron chi connectivity index (χ0n) is 14.2. The van der Waals surface area contributed by atoms with Crippen molar-refractivity contribution in [3.05, 3.63) is 23.8 Å². The van der Waals surface area contributed by atoms with Crippen LogP contribution in [0.25, 0.3) is 0 Å². The minimum absolute atomic E-state index is 0.104. The van der Waals surface area contributed by atoms with Gasteiger partial charge in [0.15, 0.2) is 0 Å². The summed E-state index contributed by atoms with van der Waals surface area (Å²) in [6.45, 7) is 1.35. The highest BCUT2D eigenvalue weighted by molar-refractivity contribution is 6.01. The van der Waals surface area contributed by atoms with E-state index in [0.717, 1.165) is 42.8 Å². The normalized spacial score (nSPS) is 26.2. The van der Waals surface area contributed by atoms with Crippen molar-refractivity contribution in [1.29, 1.82) is 0 Å². The Morgan fingerprint density at radius 1 is 1.40 bits per heavy atom. The summed E-state index contributed by atoms with van der Waals surface area (Å²) in [6, 6.07) is 5.08. The third-order valence-corrected chi connectivity index (χ3v) is 5.87. The summed E-state index contributed by atoms with van der Waals surface area (Å²) in [5, 5.41) is 12.4. The van der Waals surface area contributed by atoms with Gasteiger partial charge in [0.2, 0.25) is 11.8 Å². The molecule has 3 aliphatic rings. The van der Waals surface area contributed by atoms with Gasteiger partial charge in [-0.05, 0) is 54.9 Å². The first-order valence-corrected chi connectivity index (χ1v) is 8.72. The van der Waals surface area contributed by atoms with Crippen LogP contribution in [0.2, 0.25) is 0 Å². The Labute approximate surface area is 146 Å². The smallest absolute Gasteiger partial charge is 0.248 e. The summed E-state index contributed by atoms with van der Waals surface area (Å²) in [5.74, 6) is -0.355. The lowest BCUT2D eigenvalue weighted by molar-refractivity contribution is -0.139. The number of carbonyl (C=O) groups excluding carboxylic acids is 2. The molecular weight excluding hydrogens is 322 g/mol. The minimum atomic E-state index is -0.605. The molecule has 7 heteroatoms. The Morgan fingerprint density at radius 3 is 2.88 bits per heavy atom. The number of ether oxygens (including phenoxy) is 1. The van der Waals surface area contributed by atoms with Gasteiger partial charge < -0.3 is 15.0 Å². The van der Waals surface area contributed by atoms with E-state index in [-0.39, 0.29) is 11.3 Å². The van der Waals surface area contributed by atoms with Crippen LogP contribution in [0.5, 0.6) is 5.75 Å². The fourth-order valence-electron chi connectivity index (χ4n) is 4.17. The van der Waals surface area contributed by atoms with Crippen molar-refractivity contribution in [2.75, 3.05) is 25.1 Å². The number of nitrogens with zero attached hydrogens (tertiary/aromatic N) is 1. The molecular formula is C18H23N3O4. The van der Waals surface area contributed by atoms with Gasteiger partial charge >= 0.3 is 0 Å². The highest BCUT2D eigenvalue weighted by Gasteiger charge is 2.53. The number of amides is 2. The van der Waals surface area contributed by atoms with Crippen LogP contribution in [-0.2, 0) is 16.0 Å². The molecule has 0 bridgehead atoms. The van der Waals surface area contributed by atoms with Crippen molar-refractivity contribution in [2.24, 2.45) is 11.3 Å². The van der Waals surface area contributed by atoms with Crippen molar-refractivity contribution in [3.8, 4) is 5.75 Å². The van der Waals surface area contributed by atoms with E-state index < -0.39 is 17.9 Å². The van der Waals surface area contributed by atoms with Crippen LogP contribution in [0.3, 0.4) is 0 Å². The van der Waals surface area contributed by atoms with Crippen LogP contribution in [0.4, 0.5) is 5.69 Å². The molecule has 4 rings (SSSR count). The number of carbonyl (C=O) groups is 2. The third kappa shape index (κ3) is 2.77. The number of methoxy groups -OCH3 is 1. The molecule has 1 aliphatic carbocycles. The van der Waals surface area contributed by atoms with Crippen LogP contribution in [0.1, 0.15) is 24.8 Å². The number of piperidine rings is 1. The van der Waals surface area contributed by atoms with E-state index in [1.54, 1.807) is 17.5 Å². The molecule has 1 aromatic carbocycles. The van der Waals surface area contributed by atoms with Crippen molar-refractivity contribution in [1.82, 2.24) is 10.8 Å². The molecule has 134 valence electrons. The van der Waals surface area contributed by atoms with Crippen LogP contribution in [0, 0.1) is 11.3 Å². The molecule has 2 atom stereocenters. The van der Waals surface area contributed by atoms with E-state index in [2.05, 4.69) is 5.32 Å². The zero-order chi connectivity index (χ0) is 17.6. The van der Waals surface area contributed by atoms with Crippen molar-refractivity contribution in [3.63, 3.8) is 0 Å². The van der Waals surface area contributed by atoms with Crippen LogP contribution in [-0.4, -0.2) is 43.3 Å². The van der Waals surface area contributed by atoms with E-state index >= 15 is 0 Å². The molecule has 25 heavy (non-hydrogen) atoms. The second-order valence-corrected chi connectivity index (χ2v) is 7.38. The first-order valence-electron chi connectivity index (χ1n) is 8.72. The van der Waals surface area contributed by atoms with Gasteiger partial charge in [-0.3, -0.25) is 14.8 Å². The highest BCUT2D eigenvalue weighted by atomic mass is 16.5. The predicted molar refractivity (Wildman–Crippen MR) is 90.5 cm³/mol. The van der Waals surface area contributed by atoms with Gasteiger partial charge in [-0.15, -0.1) is 0 Å². The van der Waals surface area contributed by atoms with Crippen LogP contribution < -0.4 is 20.4 Å². The average molecular weight is 345 g/mol. The van der Waals surface area contributed by atoms with E-state index in [1.807, 2.05) is 18.2 Å². The topological polar surface area (TPSA) is 90.9 Å². The maximum Gasteiger partial charge on any atom is 0.248 e. The van der Waals surface area contributed by atoms with Gasteiger partial charge in [0.1, 0.15) is 5.75 Å². The van der Waals surface area contributed by atoms with Gasteiger partial charge in [0.05, 0.1) is 19.1 Å². The minimum Gasteiger partial charge on any atom is -0.497 e. The van der Waals surface area contributed by atoms with Crippen molar-refractivity contribution >= 4 is 17.5 Å². The summed E-state index contributed by atoms with van der Waals surface area (Å²) in [7, 11) is 1.62. The molecule has 7 nitrogen and oxygen atoms in total. The molecule has 2 amide bonds. The number of benzene rings is 1. The Hall–Kier alpha value is -2.12. The lowest BCUT2D eigenvalue weighted by Gasteiger charge is -2.37. The number of hydroxylamine groups is 1. The van der Waals surface area contributed by atoms with Gasteiger partial charge in [-0.25, -0.2) is 5.48 Å². The van der Waals surface area contributed by atoms with Crippen LogP contribution in [0.15, 0.2) is 18.2 Å². The van der Waals surface area contributed by atoms with Crippen LogP contribution >= 0.6 is 0 Å². The number of anilines is 1. The quantitative estimate of drug-likeness (QED) is 0.558. The highest BCUT2D eigenvalue weighted by Crippen LogP contribution is 2.52. The summed E-state index contributed by atoms with van der Waals surface area (Å²) < 4.78 is 5.25. The summed E-state index contributed by atoms with van der Waals surface area (Å²) >= 11 is 0. The molecule has 1 aromatic rings. The third-order valence-electron chi connectivity index (χ3n) is 5.87. The molecule has 0 aromatic heterocycles. The molecule has 0 unspecified atom stereocenters. The SMILES string of the molecule is COc1ccc2c(c1)CCN2C(=O)[C@H]1NCC2(CC2)C[C@@H]1C(=O)NO. The number of fused-ring (bicyclic) bond motifs is 1. The molecule has 1 saturated carbocycles. The predicted octanol–water partition coefficient (Wildman–Crippen LogP) is 0.848. The standard InChI is InChI=1S/C18H23N3O4/c1-25-12-2-3-14-11(8-12)4-7-21(14)17(23)15-13(16(22)20-24)9-18(5-6-18)10-19-15/h2-3,8,13,15,19,24H,4-7,9-10H2,1H3,(H,20,22)/t13-,15-/m0/s1. The fraction of sp³-hybridized carbons (Fsp3) is 0.556. The molecule has 0 radical (unpaired) electrons. The molecule has 3 N–H and O–H groups in total. The van der Waals surface area contributed by atoms with Gasteiger partial charge in [0.25, 0.3) is 0 Å². The number of rotatable bonds is 3. The Balaban J connectivity index is 1.57. The molecule has 2 aliphatic heterocycles. The van der Waals surface area contributed by atoms with E-state index in [9.17, 15) is 9.59 Å². The largest absolute Gasteiger partial charge is 0.497 e. The van der Waals surface area contributed by atoms with Gasteiger partial charge in [-0.1, -0.05) is 0 Å². The second kappa shape index (κ2) is 6.00. The Kier molecular flexibility index (Phi) is 3.92. The lowest BCUT2D eigenvalue weighted by Crippen LogP contribution is -2.58. The van der Waals surface area contributed by atoms with Crippen molar-refractivity contribution < 1.29 is 19.5 Å². The first kappa shape index (κ1) is 16.4. The van der Waals surface area contributed by atoms with E-state index in [4.69, 9.17) is 9.94 Å². The number of hydrogen-bond acceptors (Lipinski definition) is 5. The number of nitrogens with one attached hydrogen (secondary N) is 2. The average Bonchev–Trinajstić information content (AvgIpc) is 3.26. The lowest BCUT2D eigenvalue weighted by atomic mass is 9.81. The summed E-state index contributed by atoms with van der Waals surface area (Å²) in [6.07, 6.45) is 3.56. The molecule has 1 spiro atoms. The summed E-state index contributed by atoms with van der Waals surface area (Å²) in [4.78, 5) is 27.0. The monoisotopic (exact) mass is 345 g/mol. The Morgan fingerprint density at radius 2 is 2.20 bits per heavy atom. The number of hydrogen-bond donors (Lipinski definition) is 3. The van der Waals surface area contributed by atoms with E-state index in [1.165, 1.54) is 0 Å². The van der Waals surface area contributed by atoms with Gasteiger partial charge in [0, 0.05) is 18.8 Å². The van der Waals surface area contributed by atoms with Gasteiger partial charge in [-0.2, -0.15) is 0 Å². The zero-order valence-corrected chi connectivity index (χ0v) is 14.2. The molecule has 2 heterocycles. The second-order valence-electron chi connectivity index (χ2n) is 7.38. The fourth-order valence-corrected chi connectivity index (χ4v) is 4.17. The summed E-state index contributed by atoms with van der Waals surface area (Å²) in [5.41, 5.74) is 3.82. The first-order chi connectivity index (χ1) is 12.1. The van der Waals surface area contributed by atoms with E-state index in [0.29, 0.717) is 13.0 Å². The maximum atomic E-state index is 13.2. The van der Waals surface area contributed by atoms with Crippen molar-refractivity contribution in [2.45, 2.75) is 31.7 Å².